The molecule has 0 bridgehead atoms. The molecular weight excluding hydrogens is 178 g/mol. The third-order valence-corrected chi connectivity index (χ3v) is 1.41. The van der Waals surface area contributed by atoms with E-state index >= 15 is 0 Å². The van der Waals surface area contributed by atoms with E-state index in [1.54, 1.807) is 6.92 Å². The van der Waals surface area contributed by atoms with Crippen LogP contribution in [0, 0.1) is 0 Å². The molecule has 3 nitrogen and oxygen atoms in total. The molecule has 0 aromatic heterocycles. The minimum atomic E-state index is -0.359. The van der Waals surface area contributed by atoms with Crippen molar-refractivity contribution in [3.63, 3.8) is 0 Å². The van der Waals surface area contributed by atoms with E-state index in [1.165, 1.54) is 19.4 Å². The number of unbranched alkanes of at least 4 members (excludes halogenated alkanes) is 1. The lowest BCUT2D eigenvalue weighted by Crippen LogP contribution is -2.12. The fourth-order valence-corrected chi connectivity index (χ4v) is 0.676. The van der Waals surface area contributed by atoms with Crippen molar-refractivity contribution < 1.29 is 9.53 Å². The minimum Gasteiger partial charge on any atom is -0.463 e. The molecular formula is C11H23NO2. The lowest BCUT2D eigenvalue weighted by molar-refractivity contribution is -0.137. The van der Waals surface area contributed by atoms with Crippen LogP contribution in [0.4, 0.5) is 0 Å². The molecule has 0 aliphatic heterocycles. The van der Waals surface area contributed by atoms with E-state index in [1.807, 2.05) is 0 Å². The number of carbonyl (C=O) groups excluding carboxylic acids is 1. The van der Waals surface area contributed by atoms with Gasteiger partial charge in [0.15, 0.2) is 0 Å². The molecule has 0 radical (unpaired) electrons. The van der Waals surface area contributed by atoms with Gasteiger partial charge < -0.3 is 9.64 Å². The van der Waals surface area contributed by atoms with Crippen molar-refractivity contribution in [2.75, 3.05) is 27.2 Å². The van der Waals surface area contributed by atoms with Crippen LogP contribution in [-0.4, -0.2) is 38.1 Å². The summed E-state index contributed by atoms with van der Waals surface area (Å²) in [4.78, 5) is 12.3. The van der Waals surface area contributed by atoms with Crippen LogP contribution in [0.1, 0.15) is 26.7 Å². The van der Waals surface area contributed by atoms with Crippen molar-refractivity contribution in [3.8, 4) is 0 Å². The van der Waals surface area contributed by atoms with Crippen molar-refractivity contribution in [1.82, 2.24) is 4.90 Å². The van der Waals surface area contributed by atoms with Crippen molar-refractivity contribution in [3.05, 3.63) is 12.7 Å². The number of esters is 1. The smallest absolute Gasteiger partial charge is 0.330 e. The highest BCUT2D eigenvalue weighted by Gasteiger charge is 1.86. The lowest BCUT2D eigenvalue weighted by atomic mass is 10.3. The van der Waals surface area contributed by atoms with Gasteiger partial charge in [-0.3, -0.25) is 0 Å². The Hall–Kier alpha value is -0.830. The molecule has 0 fully saturated rings. The standard InChI is InChI=1S/C6H15N.C5H8O2/c1-4-5-6-7(2)3;1-3-5(6)7-4-2/h4-6H2,1-3H3;3H,1,4H2,2H3. The van der Waals surface area contributed by atoms with Gasteiger partial charge in [-0.15, -0.1) is 0 Å². The molecule has 0 rings (SSSR count). The quantitative estimate of drug-likeness (QED) is 0.504. The predicted octanol–water partition coefficient (Wildman–Crippen LogP) is 2.08. The Morgan fingerprint density at radius 1 is 1.43 bits per heavy atom. The van der Waals surface area contributed by atoms with Crippen LogP contribution >= 0.6 is 0 Å². The van der Waals surface area contributed by atoms with Gasteiger partial charge >= 0.3 is 5.97 Å². The van der Waals surface area contributed by atoms with Gasteiger partial charge in [-0.1, -0.05) is 19.9 Å². The topological polar surface area (TPSA) is 29.5 Å². The van der Waals surface area contributed by atoms with E-state index in [4.69, 9.17) is 0 Å². The van der Waals surface area contributed by atoms with Gasteiger partial charge in [0.05, 0.1) is 6.61 Å². The van der Waals surface area contributed by atoms with E-state index in [2.05, 4.69) is 37.2 Å². The predicted molar refractivity (Wildman–Crippen MR) is 60.3 cm³/mol. The normalized spacial score (nSPS) is 8.93. The average Bonchev–Trinajstić information content (AvgIpc) is 2.16. The molecule has 0 unspecified atom stereocenters. The third kappa shape index (κ3) is 17.3. The summed E-state index contributed by atoms with van der Waals surface area (Å²) in [7, 11) is 4.21. The molecule has 0 heterocycles. The van der Waals surface area contributed by atoms with Crippen LogP contribution in [-0.2, 0) is 9.53 Å². The molecule has 0 saturated carbocycles. The number of hydrogen-bond acceptors (Lipinski definition) is 3. The molecule has 0 aromatic rings. The lowest BCUT2D eigenvalue weighted by Gasteiger charge is -2.05. The number of nitrogens with zero attached hydrogens (tertiary/aromatic N) is 1. The zero-order chi connectivity index (χ0) is 11.4. The van der Waals surface area contributed by atoms with E-state index in [-0.39, 0.29) is 5.97 Å². The Morgan fingerprint density at radius 3 is 2.14 bits per heavy atom. The number of ether oxygens (including phenoxy) is 1. The Kier molecular flexibility index (Phi) is 13.6. The Labute approximate surface area is 87.7 Å². The maximum Gasteiger partial charge on any atom is 0.330 e. The number of rotatable bonds is 5. The molecule has 0 atom stereocenters. The van der Waals surface area contributed by atoms with E-state index < -0.39 is 0 Å². The van der Waals surface area contributed by atoms with Crippen LogP contribution in [0.2, 0.25) is 0 Å². The van der Waals surface area contributed by atoms with Crippen LogP contribution < -0.4 is 0 Å². The minimum absolute atomic E-state index is 0.359. The van der Waals surface area contributed by atoms with Gasteiger partial charge in [0.1, 0.15) is 0 Å². The molecule has 84 valence electrons. The monoisotopic (exact) mass is 201 g/mol. The van der Waals surface area contributed by atoms with Gasteiger partial charge in [-0.25, -0.2) is 4.79 Å². The Bertz CT molecular complexity index is 144. The second-order valence-electron chi connectivity index (χ2n) is 3.11. The zero-order valence-corrected chi connectivity index (χ0v) is 9.88. The summed E-state index contributed by atoms with van der Waals surface area (Å²) in [5.41, 5.74) is 0. The molecule has 0 N–H and O–H groups in total. The SMILES string of the molecule is C=CC(=O)OCC.CCCCN(C)C. The summed E-state index contributed by atoms with van der Waals surface area (Å²) in [6.45, 7) is 8.82. The highest BCUT2D eigenvalue weighted by molar-refractivity contribution is 5.81. The summed E-state index contributed by atoms with van der Waals surface area (Å²) < 4.78 is 4.43. The fraction of sp³-hybridized carbons (Fsp3) is 0.727. The molecule has 0 spiro atoms. The van der Waals surface area contributed by atoms with Crippen LogP contribution in [0.3, 0.4) is 0 Å². The third-order valence-electron chi connectivity index (χ3n) is 1.41. The first-order valence-corrected chi connectivity index (χ1v) is 5.02. The van der Waals surface area contributed by atoms with E-state index in [0.717, 1.165) is 6.08 Å². The first kappa shape index (κ1) is 15.6. The summed E-state index contributed by atoms with van der Waals surface area (Å²) >= 11 is 0. The molecule has 0 saturated heterocycles. The van der Waals surface area contributed by atoms with Crippen molar-refractivity contribution in [1.29, 1.82) is 0 Å². The second-order valence-corrected chi connectivity index (χ2v) is 3.11. The highest BCUT2D eigenvalue weighted by atomic mass is 16.5. The number of carbonyl (C=O) groups is 1. The van der Waals surface area contributed by atoms with Gasteiger partial charge in [0.25, 0.3) is 0 Å². The average molecular weight is 201 g/mol. The Balaban J connectivity index is 0. The molecule has 0 aliphatic rings. The molecule has 0 aliphatic carbocycles. The van der Waals surface area contributed by atoms with Gasteiger partial charge in [0, 0.05) is 6.08 Å². The largest absolute Gasteiger partial charge is 0.463 e. The number of hydrogen-bond donors (Lipinski definition) is 0. The van der Waals surface area contributed by atoms with E-state index in [0.29, 0.717) is 6.61 Å². The fourth-order valence-electron chi connectivity index (χ4n) is 0.676. The second kappa shape index (κ2) is 12.2. The summed E-state index contributed by atoms with van der Waals surface area (Å²) in [5.74, 6) is -0.359. The van der Waals surface area contributed by atoms with Gasteiger partial charge in [-0.2, -0.15) is 0 Å². The maximum atomic E-state index is 10.1. The van der Waals surface area contributed by atoms with Crippen LogP contribution in [0.5, 0.6) is 0 Å². The van der Waals surface area contributed by atoms with Gasteiger partial charge in [0.2, 0.25) is 0 Å². The maximum absolute atomic E-state index is 10.1. The highest BCUT2D eigenvalue weighted by Crippen LogP contribution is 1.86. The Morgan fingerprint density at radius 2 is 2.00 bits per heavy atom. The van der Waals surface area contributed by atoms with Crippen LogP contribution in [0.15, 0.2) is 12.7 Å². The summed E-state index contributed by atoms with van der Waals surface area (Å²) in [6, 6.07) is 0. The molecule has 3 heteroatoms. The van der Waals surface area contributed by atoms with Gasteiger partial charge in [-0.05, 0) is 34.0 Å². The van der Waals surface area contributed by atoms with Crippen molar-refractivity contribution in [2.45, 2.75) is 26.7 Å². The zero-order valence-electron chi connectivity index (χ0n) is 9.88. The first-order chi connectivity index (χ1) is 6.58. The summed E-state index contributed by atoms with van der Waals surface area (Å²) in [5, 5.41) is 0. The summed E-state index contributed by atoms with van der Waals surface area (Å²) in [6.07, 6.45) is 3.77. The van der Waals surface area contributed by atoms with Crippen molar-refractivity contribution >= 4 is 5.97 Å². The van der Waals surface area contributed by atoms with Crippen molar-refractivity contribution in [2.24, 2.45) is 0 Å². The molecule has 0 aromatic carbocycles. The van der Waals surface area contributed by atoms with Crippen LogP contribution in [0.25, 0.3) is 0 Å². The van der Waals surface area contributed by atoms with E-state index in [9.17, 15) is 4.79 Å². The molecule has 0 amide bonds. The molecule has 14 heavy (non-hydrogen) atoms. The first-order valence-electron chi connectivity index (χ1n) is 5.02.